The number of sulfonamides is 2. The number of piperidine rings is 1. The standard InChI is InChI=1S/C31H36N6O5S2/c1-36(2)27-13-5-12-26-25(27)11-6-14-28(26)44(41,42)37(20-29(38)35-19-23-10-7-17-34-30(23)31(32)33)43(39,40)24-16-15-21-8-3-4-9-22(21)18-24/h3-6,8-9,11-16,18,23,30,34H,7,10,17,19-20H2,1-2H3,(H3,32,33)(H,35,38)/t23?,30-/m0/s1. The normalized spacial score (nSPS) is 17.5. The van der Waals surface area contributed by atoms with E-state index in [1.165, 1.54) is 18.2 Å². The van der Waals surface area contributed by atoms with Gasteiger partial charge in [0.05, 0.1) is 15.8 Å². The van der Waals surface area contributed by atoms with Gasteiger partial charge in [-0.05, 0) is 60.3 Å². The molecule has 11 nitrogen and oxygen atoms in total. The molecule has 1 aliphatic heterocycles. The van der Waals surface area contributed by atoms with Crippen LogP contribution < -0.4 is 21.3 Å². The van der Waals surface area contributed by atoms with Gasteiger partial charge in [0, 0.05) is 37.1 Å². The predicted octanol–water partition coefficient (Wildman–Crippen LogP) is 2.86. The van der Waals surface area contributed by atoms with Crippen molar-refractivity contribution in [2.75, 3.05) is 38.6 Å². The fourth-order valence-corrected chi connectivity index (χ4v) is 9.47. The number of nitrogens with one attached hydrogen (secondary N) is 3. The first kappa shape index (κ1) is 31.4. The fourth-order valence-electron chi connectivity index (χ4n) is 5.69. The SMILES string of the molecule is CN(C)c1cccc2c(S(=O)(=O)N(CC(=O)NCC3CCCN[C@@H]3C(=N)N)S(=O)(=O)c3ccc4ccccc4c3)cccc12. The van der Waals surface area contributed by atoms with Gasteiger partial charge < -0.3 is 21.3 Å². The zero-order chi connectivity index (χ0) is 31.6. The van der Waals surface area contributed by atoms with Crippen LogP contribution in [0.1, 0.15) is 12.8 Å². The summed E-state index contributed by atoms with van der Waals surface area (Å²) in [7, 11) is -5.88. The lowest BCUT2D eigenvalue weighted by atomic mass is 9.90. The van der Waals surface area contributed by atoms with Crippen LogP contribution in [0.25, 0.3) is 21.5 Å². The van der Waals surface area contributed by atoms with Crippen LogP contribution >= 0.6 is 0 Å². The van der Waals surface area contributed by atoms with E-state index in [-0.39, 0.29) is 31.8 Å². The van der Waals surface area contributed by atoms with Crippen molar-refractivity contribution in [3.05, 3.63) is 78.9 Å². The maximum atomic E-state index is 14.4. The largest absolute Gasteiger partial charge is 0.386 e. The van der Waals surface area contributed by atoms with Crippen LogP contribution in [-0.2, 0) is 24.8 Å². The quantitative estimate of drug-likeness (QED) is 0.152. The Labute approximate surface area is 257 Å². The molecule has 232 valence electrons. The van der Waals surface area contributed by atoms with E-state index in [1.54, 1.807) is 42.5 Å². The van der Waals surface area contributed by atoms with E-state index < -0.39 is 38.5 Å². The Kier molecular flexibility index (Phi) is 8.93. The Bertz CT molecular complexity index is 1950. The molecule has 5 rings (SSSR count). The van der Waals surface area contributed by atoms with Crippen LogP contribution in [0.15, 0.2) is 88.7 Å². The van der Waals surface area contributed by atoms with Crippen molar-refractivity contribution >= 4 is 59.0 Å². The summed E-state index contributed by atoms with van der Waals surface area (Å²) in [5.74, 6) is -1.05. The Morgan fingerprint density at radius 3 is 2.36 bits per heavy atom. The highest BCUT2D eigenvalue weighted by atomic mass is 32.3. The Morgan fingerprint density at radius 2 is 1.64 bits per heavy atom. The smallest absolute Gasteiger partial charge is 0.257 e. The van der Waals surface area contributed by atoms with Crippen LogP contribution in [0.5, 0.6) is 0 Å². The van der Waals surface area contributed by atoms with Gasteiger partial charge in [-0.3, -0.25) is 10.2 Å². The first-order chi connectivity index (χ1) is 20.9. The number of benzene rings is 4. The van der Waals surface area contributed by atoms with Crippen LogP contribution in [0.4, 0.5) is 5.69 Å². The molecular weight excluding hydrogens is 601 g/mol. The highest BCUT2D eigenvalue weighted by Crippen LogP contribution is 2.34. The minimum absolute atomic E-state index is 0.0555. The summed E-state index contributed by atoms with van der Waals surface area (Å²) in [4.78, 5) is 14.7. The van der Waals surface area contributed by atoms with E-state index in [0.717, 1.165) is 17.5 Å². The highest BCUT2D eigenvalue weighted by molar-refractivity contribution is 8.04. The molecule has 1 saturated heterocycles. The van der Waals surface area contributed by atoms with E-state index in [4.69, 9.17) is 11.1 Å². The molecule has 1 aliphatic rings. The summed E-state index contributed by atoms with van der Waals surface area (Å²) in [6.45, 7) is -0.183. The molecule has 1 fully saturated rings. The number of fused-ring (bicyclic) bond motifs is 2. The van der Waals surface area contributed by atoms with Gasteiger partial charge in [-0.25, -0.2) is 16.8 Å². The minimum Gasteiger partial charge on any atom is -0.386 e. The zero-order valence-electron chi connectivity index (χ0n) is 24.5. The number of hydrogen-bond donors (Lipinski definition) is 4. The lowest BCUT2D eigenvalue weighted by Crippen LogP contribution is -2.53. The molecule has 0 saturated carbocycles. The van der Waals surface area contributed by atoms with E-state index >= 15 is 0 Å². The fraction of sp³-hybridized carbons (Fsp3) is 0.290. The number of hydrogen-bond acceptors (Lipinski definition) is 8. The topological polar surface area (TPSA) is 166 Å². The van der Waals surface area contributed by atoms with Gasteiger partial charge in [0.15, 0.2) is 0 Å². The molecule has 1 heterocycles. The van der Waals surface area contributed by atoms with Crippen molar-refractivity contribution in [2.45, 2.75) is 28.7 Å². The first-order valence-electron chi connectivity index (χ1n) is 14.2. The van der Waals surface area contributed by atoms with Crippen LogP contribution in [-0.4, -0.2) is 72.1 Å². The third-order valence-electron chi connectivity index (χ3n) is 7.93. The van der Waals surface area contributed by atoms with E-state index in [2.05, 4.69) is 10.6 Å². The van der Waals surface area contributed by atoms with Crippen molar-refractivity contribution in [1.82, 2.24) is 14.3 Å². The number of nitrogens with two attached hydrogens (primary N) is 1. The van der Waals surface area contributed by atoms with Gasteiger partial charge in [0.1, 0.15) is 12.4 Å². The molecule has 0 aliphatic carbocycles. The van der Waals surface area contributed by atoms with Gasteiger partial charge in [-0.1, -0.05) is 58.3 Å². The lowest BCUT2D eigenvalue weighted by Gasteiger charge is -2.32. The van der Waals surface area contributed by atoms with Gasteiger partial charge in [-0.15, -0.1) is 0 Å². The number of amides is 1. The van der Waals surface area contributed by atoms with Crippen LogP contribution in [0.3, 0.4) is 0 Å². The molecule has 0 spiro atoms. The van der Waals surface area contributed by atoms with Crippen molar-refractivity contribution in [3.8, 4) is 0 Å². The number of rotatable bonds is 10. The molecule has 13 heteroatoms. The molecule has 44 heavy (non-hydrogen) atoms. The molecule has 1 amide bonds. The number of anilines is 1. The van der Waals surface area contributed by atoms with E-state index in [9.17, 15) is 21.6 Å². The summed E-state index contributed by atoms with van der Waals surface area (Å²) in [6.07, 6.45) is 1.51. The second-order valence-corrected chi connectivity index (χ2v) is 15.0. The Hall–Kier alpha value is -4.04. The van der Waals surface area contributed by atoms with Gasteiger partial charge >= 0.3 is 0 Å². The van der Waals surface area contributed by atoms with Crippen molar-refractivity contribution in [3.63, 3.8) is 0 Å². The average molecular weight is 637 g/mol. The molecule has 0 radical (unpaired) electrons. The molecule has 4 aromatic rings. The Morgan fingerprint density at radius 1 is 0.932 bits per heavy atom. The number of carbonyl (C=O) groups excluding carboxylic acids is 1. The second kappa shape index (κ2) is 12.5. The van der Waals surface area contributed by atoms with E-state index in [0.29, 0.717) is 29.1 Å². The molecule has 0 bridgehead atoms. The third-order valence-corrected chi connectivity index (χ3v) is 12.2. The first-order valence-corrected chi connectivity index (χ1v) is 17.1. The van der Waals surface area contributed by atoms with Gasteiger partial charge in [0.2, 0.25) is 5.91 Å². The molecular formula is C31H36N6O5S2. The van der Waals surface area contributed by atoms with Gasteiger partial charge in [-0.2, -0.15) is 0 Å². The van der Waals surface area contributed by atoms with Crippen LogP contribution in [0, 0.1) is 11.3 Å². The third kappa shape index (κ3) is 6.13. The Balaban J connectivity index is 1.56. The number of carbonyl (C=O) groups is 1. The van der Waals surface area contributed by atoms with Crippen molar-refractivity contribution in [2.24, 2.45) is 11.7 Å². The maximum Gasteiger partial charge on any atom is 0.257 e. The van der Waals surface area contributed by atoms with Crippen molar-refractivity contribution < 1.29 is 21.6 Å². The summed E-state index contributed by atoms with van der Waals surface area (Å²) >= 11 is 0. The summed E-state index contributed by atoms with van der Waals surface area (Å²) in [5.41, 5.74) is 6.49. The van der Waals surface area contributed by atoms with Crippen molar-refractivity contribution in [1.29, 1.82) is 5.41 Å². The van der Waals surface area contributed by atoms with Gasteiger partial charge in [0.25, 0.3) is 20.0 Å². The second-order valence-electron chi connectivity index (χ2n) is 11.1. The monoisotopic (exact) mass is 636 g/mol. The summed E-state index contributed by atoms with van der Waals surface area (Å²) < 4.78 is 57.5. The number of nitrogens with zero attached hydrogens (tertiary/aromatic N) is 2. The predicted molar refractivity (Wildman–Crippen MR) is 173 cm³/mol. The number of amidine groups is 1. The molecule has 0 aromatic heterocycles. The highest BCUT2D eigenvalue weighted by Gasteiger charge is 2.39. The van der Waals surface area contributed by atoms with Crippen LogP contribution in [0.2, 0.25) is 0 Å². The molecule has 5 N–H and O–H groups in total. The zero-order valence-corrected chi connectivity index (χ0v) is 26.2. The molecule has 2 atom stereocenters. The van der Waals surface area contributed by atoms with E-state index in [1.807, 2.05) is 37.2 Å². The average Bonchev–Trinajstić information content (AvgIpc) is 3.01. The molecule has 1 unspecified atom stereocenters. The maximum absolute atomic E-state index is 14.4. The summed E-state index contributed by atoms with van der Waals surface area (Å²) in [5, 5.41) is 16.1. The molecule has 4 aromatic carbocycles. The minimum atomic E-state index is -4.79. The summed E-state index contributed by atoms with van der Waals surface area (Å²) in [6, 6.07) is 20.9. The lowest BCUT2D eigenvalue weighted by molar-refractivity contribution is -0.120.